The summed E-state index contributed by atoms with van der Waals surface area (Å²) in [5.41, 5.74) is 5.90. The third kappa shape index (κ3) is 3.61. The van der Waals surface area contributed by atoms with Crippen molar-refractivity contribution >= 4 is 34.0 Å². The van der Waals surface area contributed by atoms with E-state index in [1.165, 1.54) is 10.4 Å². The Kier molecular flexibility index (Phi) is 5.65. The Hall–Kier alpha value is -0.330. The molecule has 1 aliphatic heterocycles. The molecule has 19 heavy (non-hydrogen) atoms. The molecule has 0 saturated carbocycles. The lowest BCUT2D eigenvalue weighted by atomic mass is 9.96. The van der Waals surface area contributed by atoms with Gasteiger partial charge in [0.1, 0.15) is 0 Å². The first kappa shape index (κ1) is 16.7. The van der Waals surface area contributed by atoms with Crippen molar-refractivity contribution in [3.63, 3.8) is 0 Å². The van der Waals surface area contributed by atoms with E-state index in [1.807, 2.05) is 6.92 Å². The van der Waals surface area contributed by atoms with Crippen LogP contribution in [0.1, 0.15) is 13.3 Å². The molecule has 0 radical (unpaired) electrons. The number of nitrogens with two attached hydrogens (primary N) is 1. The molecule has 2 unspecified atom stereocenters. The molecule has 0 spiro atoms. The second kappa shape index (κ2) is 6.41. The molecule has 0 aliphatic carbocycles. The summed E-state index contributed by atoms with van der Waals surface area (Å²) in [6, 6.07) is 6.44. The lowest BCUT2D eigenvalue weighted by Crippen LogP contribution is -2.48. The lowest BCUT2D eigenvalue weighted by Gasteiger charge is -2.34. The van der Waals surface area contributed by atoms with E-state index in [9.17, 15) is 8.42 Å². The van der Waals surface area contributed by atoms with Crippen LogP contribution in [0, 0.1) is 5.92 Å². The maximum absolute atomic E-state index is 12.4. The normalized spacial score (nSPS) is 24.8. The second-order valence-electron chi connectivity index (χ2n) is 4.75. The highest BCUT2D eigenvalue weighted by Crippen LogP contribution is 2.24. The fourth-order valence-corrected chi connectivity index (χ4v) is 3.98. The van der Waals surface area contributed by atoms with E-state index in [0.717, 1.165) is 0 Å². The molecule has 1 heterocycles. The molecule has 0 aromatic heterocycles. The molecular weight excluding hydrogens is 307 g/mol. The van der Waals surface area contributed by atoms with Gasteiger partial charge in [0.15, 0.2) is 0 Å². The minimum absolute atomic E-state index is 0. The number of rotatable bonds is 2. The van der Waals surface area contributed by atoms with Crippen molar-refractivity contribution in [3.8, 4) is 0 Å². The fraction of sp³-hybridized carbons (Fsp3) is 0.500. The molecule has 2 N–H and O–H groups in total. The van der Waals surface area contributed by atoms with Crippen LogP contribution in [0.3, 0.4) is 0 Å². The Labute approximate surface area is 125 Å². The van der Waals surface area contributed by atoms with Crippen LogP contribution in [0.15, 0.2) is 29.2 Å². The first-order valence-electron chi connectivity index (χ1n) is 5.92. The van der Waals surface area contributed by atoms with Gasteiger partial charge in [-0.15, -0.1) is 12.4 Å². The van der Waals surface area contributed by atoms with Crippen LogP contribution in [0.25, 0.3) is 0 Å². The average molecular weight is 325 g/mol. The van der Waals surface area contributed by atoms with Gasteiger partial charge in [0.25, 0.3) is 0 Å². The van der Waals surface area contributed by atoms with Gasteiger partial charge in [-0.1, -0.05) is 24.6 Å². The highest BCUT2D eigenvalue weighted by atomic mass is 35.5. The zero-order valence-electron chi connectivity index (χ0n) is 10.6. The van der Waals surface area contributed by atoms with Gasteiger partial charge in [0.05, 0.1) is 4.90 Å². The molecule has 4 nitrogen and oxygen atoms in total. The third-order valence-corrected chi connectivity index (χ3v) is 5.46. The molecule has 1 fully saturated rings. The minimum atomic E-state index is -3.45. The predicted molar refractivity (Wildman–Crippen MR) is 79.2 cm³/mol. The molecule has 0 amide bonds. The van der Waals surface area contributed by atoms with Crippen molar-refractivity contribution in [1.29, 1.82) is 0 Å². The van der Waals surface area contributed by atoms with Gasteiger partial charge in [-0.3, -0.25) is 0 Å². The molecule has 1 aliphatic rings. The van der Waals surface area contributed by atoms with E-state index in [2.05, 4.69) is 0 Å². The molecule has 2 atom stereocenters. The van der Waals surface area contributed by atoms with E-state index >= 15 is 0 Å². The number of hydrogen-bond donors (Lipinski definition) is 1. The van der Waals surface area contributed by atoms with Gasteiger partial charge in [0.2, 0.25) is 10.0 Å². The quantitative estimate of drug-likeness (QED) is 0.906. The highest BCUT2D eigenvalue weighted by molar-refractivity contribution is 7.89. The van der Waals surface area contributed by atoms with Gasteiger partial charge in [0, 0.05) is 24.2 Å². The maximum Gasteiger partial charge on any atom is 0.243 e. The van der Waals surface area contributed by atoms with E-state index in [4.69, 9.17) is 17.3 Å². The Morgan fingerprint density at radius 3 is 2.68 bits per heavy atom. The molecule has 1 aromatic rings. The third-order valence-electron chi connectivity index (χ3n) is 3.37. The molecule has 1 aromatic carbocycles. The van der Waals surface area contributed by atoms with Crippen molar-refractivity contribution in [1.82, 2.24) is 4.31 Å². The van der Waals surface area contributed by atoms with Crippen molar-refractivity contribution in [2.45, 2.75) is 24.3 Å². The maximum atomic E-state index is 12.4. The van der Waals surface area contributed by atoms with Crippen LogP contribution in [0.4, 0.5) is 0 Å². The zero-order chi connectivity index (χ0) is 13.3. The largest absolute Gasteiger partial charge is 0.327 e. The molecule has 7 heteroatoms. The summed E-state index contributed by atoms with van der Waals surface area (Å²) in [5, 5.41) is 0.429. The smallest absolute Gasteiger partial charge is 0.243 e. The van der Waals surface area contributed by atoms with E-state index in [-0.39, 0.29) is 29.3 Å². The molecule has 2 rings (SSSR count). The molecule has 1 saturated heterocycles. The van der Waals surface area contributed by atoms with Crippen LogP contribution in [0.2, 0.25) is 5.02 Å². The van der Waals surface area contributed by atoms with Crippen molar-refractivity contribution in [2.75, 3.05) is 13.1 Å². The Morgan fingerprint density at radius 1 is 1.42 bits per heavy atom. The van der Waals surface area contributed by atoms with Crippen molar-refractivity contribution in [2.24, 2.45) is 11.7 Å². The summed E-state index contributed by atoms with van der Waals surface area (Å²) >= 11 is 5.84. The number of sulfonamides is 1. The van der Waals surface area contributed by atoms with Gasteiger partial charge >= 0.3 is 0 Å². The highest BCUT2D eigenvalue weighted by Gasteiger charge is 2.31. The monoisotopic (exact) mass is 324 g/mol. The van der Waals surface area contributed by atoms with Crippen molar-refractivity contribution < 1.29 is 8.42 Å². The predicted octanol–water partition coefficient (Wildman–Crippen LogP) is 2.12. The zero-order valence-corrected chi connectivity index (χ0v) is 13.0. The lowest BCUT2D eigenvalue weighted by molar-refractivity contribution is 0.250. The standard InChI is InChI=1S/C12H17ClN2O2S.ClH/c1-9-8-15(6-5-12(9)14)18(16,17)11-4-2-3-10(13)7-11;/h2-4,7,9,12H,5-6,8,14H2,1H3;1H. The summed E-state index contributed by atoms with van der Waals surface area (Å²) in [7, 11) is -3.45. The number of piperidine rings is 1. The summed E-state index contributed by atoms with van der Waals surface area (Å²) in [5.74, 6) is 0.174. The van der Waals surface area contributed by atoms with Gasteiger partial charge < -0.3 is 5.73 Å². The SMILES string of the molecule is CC1CN(S(=O)(=O)c2cccc(Cl)c2)CCC1N.Cl. The van der Waals surface area contributed by atoms with Gasteiger partial charge in [-0.25, -0.2) is 8.42 Å². The van der Waals surface area contributed by atoms with Gasteiger partial charge in [-0.05, 0) is 30.5 Å². The summed E-state index contributed by atoms with van der Waals surface area (Å²) in [6.07, 6.45) is 0.695. The molecule has 108 valence electrons. The summed E-state index contributed by atoms with van der Waals surface area (Å²) < 4.78 is 26.3. The van der Waals surface area contributed by atoms with Crippen LogP contribution in [-0.2, 0) is 10.0 Å². The van der Waals surface area contributed by atoms with Crippen LogP contribution in [-0.4, -0.2) is 31.9 Å². The fourth-order valence-electron chi connectivity index (χ4n) is 2.12. The van der Waals surface area contributed by atoms with Crippen LogP contribution < -0.4 is 5.73 Å². The average Bonchev–Trinajstić information content (AvgIpc) is 2.32. The van der Waals surface area contributed by atoms with Crippen LogP contribution >= 0.6 is 24.0 Å². The van der Waals surface area contributed by atoms with Crippen molar-refractivity contribution in [3.05, 3.63) is 29.3 Å². The molecule has 0 bridgehead atoms. The number of halogens is 2. The minimum Gasteiger partial charge on any atom is -0.327 e. The van der Waals surface area contributed by atoms with E-state index < -0.39 is 10.0 Å². The topological polar surface area (TPSA) is 63.4 Å². The molecular formula is C12H18Cl2N2O2S. The number of nitrogens with zero attached hydrogens (tertiary/aromatic N) is 1. The summed E-state index contributed by atoms with van der Waals surface area (Å²) in [6.45, 7) is 2.92. The van der Waals surface area contributed by atoms with Gasteiger partial charge in [-0.2, -0.15) is 4.31 Å². The first-order valence-corrected chi connectivity index (χ1v) is 7.74. The Balaban J connectivity index is 0.00000180. The van der Waals surface area contributed by atoms with Crippen LogP contribution in [0.5, 0.6) is 0 Å². The Bertz CT molecular complexity index is 536. The van der Waals surface area contributed by atoms with E-state index in [1.54, 1.807) is 18.2 Å². The second-order valence-corrected chi connectivity index (χ2v) is 7.12. The number of benzene rings is 1. The summed E-state index contributed by atoms with van der Waals surface area (Å²) in [4.78, 5) is 0.248. The Morgan fingerprint density at radius 2 is 2.11 bits per heavy atom. The first-order chi connectivity index (χ1) is 8.41. The number of hydrogen-bond acceptors (Lipinski definition) is 3. The van der Waals surface area contributed by atoms with E-state index in [0.29, 0.717) is 24.5 Å².